The molecule has 0 aromatic carbocycles. The monoisotopic (exact) mass is 252 g/mol. The highest BCUT2D eigenvalue weighted by Crippen LogP contribution is 2.37. The van der Waals surface area contributed by atoms with Crippen molar-refractivity contribution in [1.29, 1.82) is 0 Å². The third-order valence-electron chi connectivity index (χ3n) is 4.94. The zero-order valence-electron chi connectivity index (χ0n) is 11.9. The van der Waals surface area contributed by atoms with Crippen molar-refractivity contribution in [2.45, 2.75) is 58.4 Å². The molecule has 3 atom stereocenters. The largest absolute Gasteiger partial charge is 0.339 e. The Morgan fingerprint density at radius 2 is 2.11 bits per heavy atom. The zero-order valence-corrected chi connectivity index (χ0v) is 11.9. The number of nitrogens with zero attached hydrogens (tertiary/aromatic N) is 1. The lowest BCUT2D eigenvalue weighted by molar-refractivity contribution is -0.133. The van der Waals surface area contributed by atoms with Crippen LogP contribution >= 0.6 is 0 Å². The van der Waals surface area contributed by atoms with Gasteiger partial charge < -0.3 is 10.6 Å². The van der Waals surface area contributed by atoms with E-state index in [9.17, 15) is 4.79 Å². The standard InChI is InChI=1S/C15H28N2O/c1-11(2)13(7-8-16)4-6-15(18)17-10-12-3-5-14(17)9-12/h11-14H,3-10,16H2,1-2H3. The average molecular weight is 252 g/mol. The summed E-state index contributed by atoms with van der Waals surface area (Å²) in [5.41, 5.74) is 5.65. The Balaban J connectivity index is 1.77. The summed E-state index contributed by atoms with van der Waals surface area (Å²) >= 11 is 0. The van der Waals surface area contributed by atoms with E-state index >= 15 is 0 Å². The minimum Gasteiger partial charge on any atom is -0.339 e. The van der Waals surface area contributed by atoms with Crippen molar-refractivity contribution in [1.82, 2.24) is 4.90 Å². The summed E-state index contributed by atoms with van der Waals surface area (Å²) in [4.78, 5) is 14.4. The van der Waals surface area contributed by atoms with Crippen molar-refractivity contribution in [3.05, 3.63) is 0 Å². The van der Waals surface area contributed by atoms with E-state index in [1.54, 1.807) is 0 Å². The molecule has 1 heterocycles. The SMILES string of the molecule is CC(C)C(CCN)CCC(=O)N1CC2CCC1C2. The van der Waals surface area contributed by atoms with E-state index in [-0.39, 0.29) is 0 Å². The summed E-state index contributed by atoms with van der Waals surface area (Å²) < 4.78 is 0. The lowest BCUT2D eigenvalue weighted by Gasteiger charge is -2.28. The van der Waals surface area contributed by atoms with Gasteiger partial charge in [-0.05, 0) is 56.4 Å². The van der Waals surface area contributed by atoms with Gasteiger partial charge in [-0.3, -0.25) is 4.79 Å². The van der Waals surface area contributed by atoms with Crippen molar-refractivity contribution in [3.63, 3.8) is 0 Å². The molecule has 104 valence electrons. The fourth-order valence-electron chi connectivity index (χ4n) is 3.71. The predicted octanol–water partition coefficient (Wildman–Crippen LogP) is 2.40. The van der Waals surface area contributed by atoms with Gasteiger partial charge in [-0.25, -0.2) is 0 Å². The maximum atomic E-state index is 12.3. The first-order valence-corrected chi connectivity index (χ1v) is 7.61. The molecule has 2 rings (SSSR count). The first-order chi connectivity index (χ1) is 8.61. The molecule has 1 saturated carbocycles. The Morgan fingerprint density at radius 1 is 1.33 bits per heavy atom. The summed E-state index contributed by atoms with van der Waals surface area (Å²) in [6, 6.07) is 0.578. The normalized spacial score (nSPS) is 28.1. The second-order valence-corrected chi connectivity index (χ2v) is 6.50. The molecule has 3 unspecified atom stereocenters. The molecule has 1 aliphatic heterocycles. The van der Waals surface area contributed by atoms with Crippen molar-refractivity contribution in [2.24, 2.45) is 23.5 Å². The van der Waals surface area contributed by atoms with Gasteiger partial charge in [0, 0.05) is 19.0 Å². The number of carbonyl (C=O) groups is 1. The van der Waals surface area contributed by atoms with Gasteiger partial charge in [0.25, 0.3) is 0 Å². The third-order valence-corrected chi connectivity index (χ3v) is 4.94. The number of rotatable bonds is 6. The molecular formula is C15H28N2O. The first-order valence-electron chi connectivity index (χ1n) is 7.61. The molecule has 1 saturated heterocycles. The van der Waals surface area contributed by atoms with Crippen LogP contribution in [0.1, 0.15) is 52.4 Å². The number of likely N-dealkylation sites (tertiary alicyclic amines) is 1. The second-order valence-electron chi connectivity index (χ2n) is 6.50. The number of piperidine rings is 1. The van der Waals surface area contributed by atoms with Crippen LogP contribution in [0.25, 0.3) is 0 Å². The minimum atomic E-state index is 0.393. The molecular weight excluding hydrogens is 224 g/mol. The van der Waals surface area contributed by atoms with E-state index in [2.05, 4.69) is 18.7 Å². The van der Waals surface area contributed by atoms with Gasteiger partial charge in [0.05, 0.1) is 0 Å². The Kier molecular flexibility index (Phi) is 4.66. The Hall–Kier alpha value is -0.570. The highest BCUT2D eigenvalue weighted by molar-refractivity contribution is 5.77. The van der Waals surface area contributed by atoms with Gasteiger partial charge in [0.15, 0.2) is 0 Å². The van der Waals surface area contributed by atoms with E-state index in [4.69, 9.17) is 5.73 Å². The van der Waals surface area contributed by atoms with Gasteiger partial charge in [0.1, 0.15) is 0 Å². The average Bonchev–Trinajstić information content (AvgIpc) is 2.95. The van der Waals surface area contributed by atoms with Crippen molar-refractivity contribution in [2.75, 3.05) is 13.1 Å². The van der Waals surface area contributed by atoms with E-state index in [0.29, 0.717) is 23.8 Å². The van der Waals surface area contributed by atoms with Gasteiger partial charge >= 0.3 is 0 Å². The van der Waals surface area contributed by atoms with Crippen LogP contribution in [0.2, 0.25) is 0 Å². The fraction of sp³-hybridized carbons (Fsp3) is 0.933. The van der Waals surface area contributed by atoms with Crippen LogP contribution < -0.4 is 5.73 Å². The summed E-state index contributed by atoms with van der Waals surface area (Å²) in [5.74, 6) is 2.45. The van der Waals surface area contributed by atoms with Gasteiger partial charge in [0.2, 0.25) is 5.91 Å². The molecule has 0 aromatic heterocycles. The lowest BCUT2D eigenvalue weighted by atomic mass is 9.88. The maximum absolute atomic E-state index is 12.3. The molecule has 1 aliphatic carbocycles. The summed E-state index contributed by atoms with van der Waals surface area (Å²) in [7, 11) is 0. The Labute approximate surface area is 111 Å². The van der Waals surface area contributed by atoms with Crippen LogP contribution in [0.4, 0.5) is 0 Å². The quantitative estimate of drug-likeness (QED) is 0.789. The Bertz CT molecular complexity index is 290. The van der Waals surface area contributed by atoms with E-state index in [1.165, 1.54) is 19.3 Å². The number of amides is 1. The second kappa shape index (κ2) is 6.05. The first kappa shape index (κ1) is 13.9. The van der Waals surface area contributed by atoms with Gasteiger partial charge in [-0.1, -0.05) is 13.8 Å². The molecule has 18 heavy (non-hydrogen) atoms. The highest BCUT2D eigenvalue weighted by atomic mass is 16.2. The molecule has 0 aromatic rings. The smallest absolute Gasteiger partial charge is 0.222 e. The molecule has 2 aliphatic rings. The third kappa shape index (κ3) is 3.05. The Morgan fingerprint density at radius 3 is 2.61 bits per heavy atom. The van der Waals surface area contributed by atoms with Crippen LogP contribution in [0.5, 0.6) is 0 Å². The molecule has 3 nitrogen and oxygen atoms in total. The number of hydrogen-bond donors (Lipinski definition) is 1. The van der Waals surface area contributed by atoms with Crippen molar-refractivity contribution < 1.29 is 4.79 Å². The van der Waals surface area contributed by atoms with Crippen molar-refractivity contribution >= 4 is 5.91 Å². The predicted molar refractivity (Wildman–Crippen MR) is 74.1 cm³/mol. The van der Waals surface area contributed by atoms with Crippen LogP contribution in [-0.2, 0) is 4.79 Å². The van der Waals surface area contributed by atoms with Gasteiger partial charge in [-0.2, -0.15) is 0 Å². The maximum Gasteiger partial charge on any atom is 0.222 e. The molecule has 2 N–H and O–H groups in total. The van der Waals surface area contributed by atoms with Crippen LogP contribution in [-0.4, -0.2) is 29.9 Å². The molecule has 3 heteroatoms. The fourth-order valence-corrected chi connectivity index (χ4v) is 3.71. The van der Waals surface area contributed by atoms with Gasteiger partial charge in [-0.15, -0.1) is 0 Å². The minimum absolute atomic E-state index is 0.393. The molecule has 0 spiro atoms. The number of fused-ring (bicyclic) bond motifs is 2. The zero-order chi connectivity index (χ0) is 13.1. The number of hydrogen-bond acceptors (Lipinski definition) is 2. The highest BCUT2D eigenvalue weighted by Gasteiger charge is 2.39. The summed E-state index contributed by atoms with van der Waals surface area (Å²) in [5, 5.41) is 0. The number of nitrogens with two attached hydrogens (primary N) is 1. The van der Waals surface area contributed by atoms with Crippen LogP contribution in [0.15, 0.2) is 0 Å². The summed E-state index contributed by atoms with van der Waals surface area (Å²) in [6.07, 6.45) is 6.65. The summed E-state index contributed by atoms with van der Waals surface area (Å²) in [6.45, 7) is 6.25. The van der Waals surface area contributed by atoms with E-state index < -0.39 is 0 Å². The van der Waals surface area contributed by atoms with Crippen LogP contribution in [0.3, 0.4) is 0 Å². The van der Waals surface area contributed by atoms with E-state index in [1.807, 2.05) is 0 Å². The molecule has 2 fully saturated rings. The molecule has 2 bridgehead atoms. The number of carbonyl (C=O) groups excluding carboxylic acids is 1. The lowest BCUT2D eigenvalue weighted by Crippen LogP contribution is -2.37. The molecule has 0 radical (unpaired) electrons. The van der Waals surface area contributed by atoms with E-state index in [0.717, 1.165) is 38.3 Å². The topological polar surface area (TPSA) is 46.3 Å². The molecule has 1 amide bonds. The van der Waals surface area contributed by atoms with Crippen LogP contribution in [0, 0.1) is 17.8 Å². The van der Waals surface area contributed by atoms with Crippen molar-refractivity contribution in [3.8, 4) is 0 Å².